The third kappa shape index (κ3) is 2.95. The van der Waals surface area contributed by atoms with Gasteiger partial charge in [0, 0.05) is 0 Å². The van der Waals surface area contributed by atoms with E-state index in [0.717, 1.165) is 29.5 Å². The van der Waals surface area contributed by atoms with E-state index >= 15 is 0 Å². The van der Waals surface area contributed by atoms with Gasteiger partial charge >= 0.3 is 12.1 Å². The van der Waals surface area contributed by atoms with Crippen LogP contribution in [0.2, 0.25) is 0 Å². The summed E-state index contributed by atoms with van der Waals surface area (Å²) < 4.78 is 40.9. The average Bonchev–Trinajstić information content (AvgIpc) is 2.53. The van der Waals surface area contributed by atoms with Crippen molar-refractivity contribution in [2.75, 3.05) is 4.90 Å². The number of carboxylic acids is 1. The molecule has 0 aromatic heterocycles. The van der Waals surface area contributed by atoms with Gasteiger partial charge in [-0.1, -0.05) is 12.5 Å². The van der Waals surface area contributed by atoms with Crippen LogP contribution in [-0.2, 0) is 6.18 Å². The Kier molecular flexibility index (Phi) is 4.29. The Balaban J connectivity index is 2.29. The first-order valence-corrected chi connectivity index (χ1v) is 8.09. The largest absolute Gasteiger partial charge is 0.478 e. The molecule has 1 aromatic carbocycles. The third-order valence-electron chi connectivity index (χ3n) is 4.65. The first kappa shape index (κ1) is 18.0. The number of guanidine groups is 2. The van der Waals surface area contributed by atoms with Crippen LogP contribution < -0.4 is 16.4 Å². The van der Waals surface area contributed by atoms with Gasteiger partial charge in [-0.15, -0.1) is 0 Å². The van der Waals surface area contributed by atoms with Gasteiger partial charge in [0.1, 0.15) is 5.66 Å². The van der Waals surface area contributed by atoms with Gasteiger partial charge in [0.2, 0.25) is 11.9 Å². The van der Waals surface area contributed by atoms with Gasteiger partial charge in [-0.2, -0.15) is 18.2 Å². The highest BCUT2D eigenvalue weighted by Gasteiger charge is 2.47. The molecule has 0 bridgehead atoms. The number of halogens is 3. The van der Waals surface area contributed by atoms with Crippen molar-refractivity contribution in [3.8, 4) is 0 Å². The van der Waals surface area contributed by atoms with Crippen LogP contribution in [0.4, 0.5) is 18.9 Å². The molecule has 26 heavy (non-hydrogen) atoms. The van der Waals surface area contributed by atoms with Gasteiger partial charge in [0.15, 0.2) is 0 Å². The van der Waals surface area contributed by atoms with Gasteiger partial charge in [0.05, 0.1) is 16.8 Å². The van der Waals surface area contributed by atoms with Crippen LogP contribution in [0, 0.1) is 0 Å². The van der Waals surface area contributed by atoms with Crippen molar-refractivity contribution in [3.63, 3.8) is 0 Å². The lowest BCUT2D eigenvalue weighted by atomic mass is 9.86. The van der Waals surface area contributed by atoms with Gasteiger partial charge in [-0.3, -0.25) is 4.90 Å². The van der Waals surface area contributed by atoms with Crippen molar-refractivity contribution in [1.82, 2.24) is 0 Å². The summed E-state index contributed by atoms with van der Waals surface area (Å²) >= 11 is 0. The van der Waals surface area contributed by atoms with Crippen LogP contribution in [0.1, 0.15) is 48.0 Å². The van der Waals surface area contributed by atoms with Crippen LogP contribution in [0.5, 0.6) is 0 Å². The number of anilines is 1. The zero-order valence-corrected chi connectivity index (χ0v) is 13.8. The van der Waals surface area contributed by atoms with Gasteiger partial charge in [-0.05, 0) is 37.8 Å². The minimum atomic E-state index is -4.77. The summed E-state index contributed by atoms with van der Waals surface area (Å²) in [7, 11) is 0. The van der Waals surface area contributed by atoms with E-state index in [-0.39, 0.29) is 11.9 Å². The Morgan fingerprint density at radius 3 is 2.42 bits per heavy atom. The average molecular weight is 369 g/mol. The number of carboxylic acid groups (broad SMARTS) is 1. The maximum atomic E-state index is 13.6. The van der Waals surface area contributed by atoms with Gasteiger partial charge < -0.3 is 16.6 Å². The lowest BCUT2D eigenvalue weighted by Gasteiger charge is -2.46. The molecule has 5 N–H and O–H groups in total. The van der Waals surface area contributed by atoms with Crippen LogP contribution in [0.3, 0.4) is 0 Å². The molecule has 0 amide bonds. The topological polar surface area (TPSA) is 117 Å². The molecular weight excluding hydrogens is 351 g/mol. The molecule has 7 nitrogen and oxygen atoms in total. The molecule has 1 fully saturated rings. The minimum absolute atomic E-state index is 0.123. The van der Waals surface area contributed by atoms with Crippen LogP contribution in [0.25, 0.3) is 0 Å². The van der Waals surface area contributed by atoms with E-state index in [1.165, 1.54) is 0 Å². The number of aliphatic imine (C=N–C) groups is 2. The van der Waals surface area contributed by atoms with Crippen LogP contribution in [0.15, 0.2) is 28.2 Å². The van der Waals surface area contributed by atoms with Gasteiger partial charge in [0.25, 0.3) is 0 Å². The number of rotatable bonds is 2. The Morgan fingerprint density at radius 1 is 1.19 bits per heavy atom. The third-order valence-corrected chi connectivity index (χ3v) is 4.65. The second-order valence-electron chi connectivity index (χ2n) is 6.32. The number of aromatic carboxylic acids is 1. The molecule has 10 heteroatoms. The molecular formula is C16H18F3N5O2. The van der Waals surface area contributed by atoms with Crippen molar-refractivity contribution in [2.24, 2.45) is 21.5 Å². The summed E-state index contributed by atoms with van der Waals surface area (Å²) in [4.78, 5) is 20.9. The Labute approximate surface area is 147 Å². The second kappa shape index (κ2) is 6.19. The molecule has 1 aromatic rings. The molecule has 0 saturated heterocycles. The molecule has 1 saturated carbocycles. The lowest BCUT2D eigenvalue weighted by Crippen LogP contribution is -2.59. The molecule has 0 atom stereocenters. The SMILES string of the molecule is NC1=NC2(CCCCC2)N(c2c(C(=O)O)cccc2C(F)(F)F)C(N)=N1. The number of hydrogen-bond donors (Lipinski definition) is 3. The number of nitrogens with zero attached hydrogens (tertiary/aromatic N) is 3. The molecule has 3 rings (SSSR count). The molecule has 140 valence electrons. The summed E-state index contributed by atoms with van der Waals surface area (Å²) in [6.07, 6.45) is -1.67. The number of carbonyl (C=O) groups is 1. The predicted molar refractivity (Wildman–Crippen MR) is 89.9 cm³/mol. The highest BCUT2D eigenvalue weighted by molar-refractivity contribution is 6.09. The summed E-state index contributed by atoms with van der Waals surface area (Å²) in [5.41, 5.74) is 8.32. The van der Waals surface area contributed by atoms with E-state index in [1.807, 2.05) is 0 Å². The van der Waals surface area contributed by atoms with E-state index in [4.69, 9.17) is 11.5 Å². The number of alkyl halides is 3. The predicted octanol–water partition coefficient (Wildman–Crippen LogP) is 2.51. The number of hydrogen-bond acceptors (Lipinski definition) is 6. The molecule has 1 aliphatic heterocycles. The second-order valence-corrected chi connectivity index (χ2v) is 6.32. The first-order chi connectivity index (χ1) is 12.2. The van der Waals surface area contributed by atoms with Crippen molar-refractivity contribution >= 4 is 23.6 Å². The fourth-order valence-electron chi connectivity index (χ4n) is 3.63. The van der Waals surface area contributed by atoms with Crippen LogP contribution in [-0.4, -0.2) is 28.7 Å². The molecule has 1 spiro atoms. The standard InChI is InChI=1S/C16H18F3N5O2/c17-16(18,19)10-6-4-5-9(12(25)26)11(10)24-14(21)22-13(20)23-15(24)7-2-1-3-8-15/h4-6H,1-3,7-8H2,(H,25,26)(H4,20,21,22,23). The summed E-state index contributed by atoms with van der Waals surface area (Å²) in [5.74, 6) is -1.91. The Hall–Kier alpha value is -2.78. The fourth-order valence-corrected chi connectivity index (χ4v) is 3.63. The zero-order chi connectivity index (χ0) is 19.1. The zero-order valence-electron chi connectivity index (χ0n) is 13.8. The smallest absolute Gasteiger partial charge is 0.418 e. The number of benzene rings is 1. The van der Waals surface area contributed by atoms with Gasteiger partial charge in [-0.25, -0.2) is 9.79 Å². The van der Waals surface area contributed by atoms with Crippen LogP contribution >= 0.6 is 0 Å². The number of nitrogens with two attached hydrogens (primary N) is 2. The van der Waals surface area contributed by atoms with Crippen molar-refractivity contribution in [3.05, 3.63) is 29.3 Å². The normalized spacial score (nSPS) is 19.9. The van der Waals surface area contributed by atoms with Crippen molar-refractivity contribution in [1.29, 1.82) is 0 Å². The molecule has 1 aliphatic carbocycles. The molecule has 1 heterocycles. The van der Waals surface area contributed by atoms with Crippen molar-refractivity contribution < 1.29 is 23.1 Å². The Morgan fingerprint density at radius 2 is 1.85 bits per heavy atom. The Bertz CT molecular complexity index is 798. The van der Waals surface area contributed by atoms with E-state index in [2.05, 4.69) is 9.98 Å². The van der Waals surface area contributed by atoms with E-state index < -0.39 is 34.6 Å². The monoisotopic (exact) mass is 369 g/mol. The molecule has 0 unspecified atom stereocenters. The lowest BCUT2D eigenvalue weighted by molar-refractivity contribution is -0.137. The fraction of sp³-hybridized carbons (Fsp3) is 0.438. The quantitative estimate of drug-likeness (QED) is 0.740. The van der Waals surface area contributed by atoms with Crippen molar-refractivity contribution in [2.45, 2.75) is 43.9 Å². The minimum Gasteiger partial charge on any atom is -0.478 e. The highest BCUT2D eigenvalue weighted by atomic mass is 19.4. The number of para-hydroxylation sites is 1. The maximum absolute atomic E-state index is 13.6. The molecule has 0 radical (unpaired) electrons. The summed E-state index contributed by atoms with van der Waals surface area (Å²) in [6.45, 7) is 0. The maximum Gasteiger partial charge on any atom is 0.418 e. The highest BCUT2D eigenvalue weighted by Crippen LogP contribution is 2.45. The van der Waals surface area contributed by atoms with E-state index in [0.29, 0.717) is 25.7 Å². The summed E-state index contributed by atoms with van der Waals surface area (Å²) in [6, 6.07) is 2.99. The summed E-state index contributed by atoms with van der Waals surface area (Å²) in [5, 5.41) is 9.48. The van der Waals surface area contributed by atoms with E-state index in [9.17, 15) is 23.1 Å². The molecule has 2 aliphatic rings. The first-order valence-electron chi connectivity index (χ1n) is 8.09. The van der Waals surface area contributed by atoms with E-state index in [1.54, 1.807) is 0 Å².